The van der Waals surface area contributed by atoms with Gasteiger partial charge in [-0.15, -0.1) is 0 Å². The Kier molecular flexibility index (Phi) is 4.76. The predicted molar refractivity (Wildman–Crippen MR) is 91.5 cm³/mol. The van der Waals surface area contributed by atoms with Crippen molar-refractivity contribution in [2.45, 2.75) is 34.6 Å². The lowest BCUT2D eigenvalue weighted by Crippen LogP contribution is -2.19. The summed E-state index contributed by atoms with van der Waals surface area (Å²) in [5.74, 6) is -0.189. The van der Waals surface area contributed by atoms with Crippen LogP contribution in [0.5, 0.6) is 0 Å². The summed E-state index contributed by atoms with van der Waals surface area (Å²) >= 11 is 0. The van der Waals surface area contributed by atoms with E-state index < -0.39 is 0 Å². The lowest BCUT2D eigenvalue weighted by atomic mass is 10.0. The summed E-state index contributed by atoms with van der Waals surface area (Å²) < 4.78 is 0. The molecule has 0 aliphatic carbocycles. The van der Waals surface area contributed by atoms with Crippen LogP contribution in [-0.4, -0.2) is 11.6 Å². The molecule has 1 N–H and O–H groups in total. The number of carbonyl (C=O) groups excluding carboxylic acids is 1. The molecule has 0 aliphatic rings. The highest BCUT2D eigenvalue weighted by Gasteiger charge is 2.06. The minimum Gasteiger partial charge on any atom is -0.267 e. The van der Waals surface area contributed by atoms with Gasteiger partial charge in [0.15, 0.2) is 0 Å². The van der Waals surface area contributed by atoms with Crippen molar-refractivity contribution in [1.29, 1.82) is 0 Å². The molecule has 0 saturated heterocycles. The molecule has 0 heterocycles. The average molecular weight is 294 g/mol. The molecule has 1 amide bonds. The van der Waals surface area contributed by atoms with E-state index in [1.807, 2.05) is 45.0 Å². The second-order valence-corrected chi connectivity index (χ2v) is 5.74. The summed E-state index contributed by atoms with van der Waals surface area (Å²) in [5.41, 5.74) is 9.79. The predicted octanol–water partition coefficient (Wildman–Crippen LogP) is 4.07. The van der Waals surface area contributed by atoms with Gasteiger partial charge in [0, 0.05) is 5.56 Å². The first-order valence-electron chi connectivity index (χ1n) is 7.38. The van der Waals surface area contributed by atoms with E-state index in [2.05, 4.69) is 36.5 Å². The Bertz CT molecular complexity index is 745. The maximum atomic E-state index is 12.1. The molecule has 3 nitrogen and oxygen atoms in total. The van der Waals surface area contributed by atoms with Crippen LogP contribution in [-0.2, 0) is 0 Å². The minimum atomic E-state index is -0.189. The zero-order valence-electron chi connectivity index (χ0n) is 13.8. The van der Waals surface area contributed by atoms with Crippen molar-refractivity contribution >= 4 is 11.6 Å². The van der Waals surface area contributed by atoms with E-state index in [1.165, 1.54) is 16.7 Å². The van der Waals surface area contributed by atoms with Gasteiger partial charge in [-0.1, -0.05) is 18.2 Å². The van der Waals surface area contributed by atoms with Crippen LogP contribution in [0.2, 0.25) is 0 Å². The third kappa shape index (κ3) is 3.61. The van der Waals surface area contributed by atoms with Crippen LogP contribution in [0.3, 0.4) is 0 Å². The third-order valence-corrected chi connectivity index (χ3v) is 4.02. The van der Waals surface area contributed by atoms with E-state index in [-0.39, 0.29) is 5.91 Å². The largest absolute Gasteiger partial charge is 0.271 e. The van der Waals surface area contributed by atoms with Crippen LogP contribution in [0.15, 0.2) is 41.5 Å². The monoisotopic (exact) mass is 294 g/mol. The lowest BCUT2D eigenvalue weighted by molar-refractivity contribution is 0.0954. The molecule has 3 heteroatoms. The first-order chi connectivity index (χ1) is 10.4. The number of nitrogens with zero attached hydrogens (tertiary/aromatic N) is 1. The van der Waals surface area contributed by atoms with E-state index in [0.29, 0.717) is 5.56 Å². The summed E-state index contributed by atoms with van der Waals surface area (Å²) in [6.07, 6.45) is 0. The molecule has 22 heavy (non-hydrogen) atoms. The highest BCUT2D eigenvalue weighted by atomic mass is 16.2. The molecule has 0 atom stereocenters. The van der Waals surface area contributed by atoms with E-state index in [4.69, 9.17) is 0 Å². The van der Waals surface area contributed by atoms with Gasteiger partial charge < -0.3 is 0 Å². The van der Waals surface area contributed by atoms with Gasteiger partial charge >= 0.3 is 0 Å². The van der Waals surface area contributed by atoms with Crippen molar-refractivity contribution in [3.63, 3.8) is 0 Å². The topological polar surface area (TPSA) is 41.5 Å². The lowest BCUT2D eigenvalue weighted by Gasteiger charge is -2.07. The molecule has 2 rings (SSSR count). The Morgan fingerprint density at radius 2 is 1.32 bits per heavy atom. The van der Waals surface area contributed by atoms with Crippen LogP contribution in [0, 0.1) is 27.7 Å². The molecule has 0 unspecified atom stereocenters. The fraction of sp³-hybridized carbons (Fsp3) is 0.263. The molecular weight excluding hydrogens is 272 g/mol. The van der Waals surface area contributed by atoms with Gasteiger partial charge in [0.1, 0.15) is 0 Å². The van der Waals surface area contributed by atoms with Crippen molar-refractivity contribution in [1.82, 2.24) is 5.43 Å². The molecule has 0 spiro atoms. The van der Waals surface area contributed by atoms with Gasteiger partial charge in [0.05, 0.1) is 5.71 Å². The first kappa shape index (κ1) is 16.0. The number of carbonyl (C=O) groups is 1. The number of nitrogens with one attached hydrogen (secondary N) is 1. The fourth-order valence-corrected chi connectivity index (χ4v) is 2.11. The Balaban J connectivity index is 2.14. The summed E-state index contributed by atoms with van der Waals surface area (Å²) in [6, 6.07) is 11.8. The van der Waals surface area contributed by atoms with Gasteiger partial charge in [-0.3, -0.25) is 4.79 Å². The molecule has 114 valence electrons. The molecule has 2 aromatic carbocycles. The van der Waals surface area contributed by atoms with Gasteiger partial charge in [0.25, 0.3) is 5.91 Å². The molecule has 2 aromatic rings. The first-order valence-corrected chi connectivity index (χ1v) is 7.38. The highest BCUT2D eigenvalue weighted by Crippen LogP contribution is 2.11. The molecule has 0 fully saturated rings. The SMILES string of the molecule is CC(=NNC(=O)c1ccc(C)c(C)c1)c1ccc(C)c(C)c1. The maximum absolute atomic E-state index is 12.1. The smallest absolute Gasteiger partial charge is 0.267 e. The summed E-state index contributed by atoms with van der Waals surface area (Å²) in [4.78, 5) is 12.1. The zero-order valence-corrected chi connectivity index (χ0v) is 13.8. The van der Waals surface area contributed by atoms with Crippen LogP contribution in [0.25, 0.3) is 0 Å². The van der Waals surface area contributed by atoms with Crippen molar-refractivity contribution in [3.05, 3.63) is 69.8 Å². The van der Waals surface area contributed by atoms with Crippen molar-refractivity contribution in [2.24, 2.45) is 5.10 Å². The summed E-state index contributed by atoms with van der Waals surface area (Å²) in [7, 11) is 0. The normalized spacial score (nSPS) is 11.4. The Morgan fingerprint density at radius 1 is 0.818 bits per heavy atom. The summed E-state index contributed by atoms with van der Waals surface area (Å²) in [5, 5.41) is 4.21. The van der Waals surface area contributed by atoms with Crippen LogP contribution in [0.4, 0.5) is 0 Å². The molecule has 0 saturated carbocycles. The standard InChI is InChI=1S/C19H22N2O/c1-12-6-8-17(10-14(12)3)16(5)20-21-19(22)18-9-7-13(2)15(4)11-18/h6-11H,1-5H3,(H,21,22). The molecule has 0 bridgehead atoms. The number of rotatable bonds is 3. The van der Waals surface area contributed by atoms with Crippen molar-refractivity contribution in [3.8, 4) is 0 Å². The number of hydrogen-bond acceptors (Lipinski definition) is 2. The van der Waals surface area contributed by atoms with E-state index >= 15 is 0 Å². The van der Waals surface area contributed by atoms with Crippen LogP contribution >= 0.6 is 0 Å². The maximum Gasteiger partial charge on any atom is 0.271 e. The van der Waals surface area contributed by atoms with Crippen molar-refractivity contribution < 1.29 is 4.79 Å². The van der Waals surface area contributed by atoms with Gasteiger partial charge in [-0.2, -0.15) is 5.10 Å². The number of aryl methyl sites for hydroxylation is 4. The number of benzene rings is 2. The van der Waals surface area contributed by atoms with E-state index in [9.17, 15) is 4.79 Å². The Morgan fingerprint density at radius 3 is 1.86 bits per heavy atom. The van der Waals surface area contributed by atoms with Gasteiger partial charge in [-0.05, 0) is 80.6 Å². The average Bonchev–Trinajstić information content (AvgIpc) is 2.50. The molecule has 0 aromatic heterocycles. The highest BCUT2D eigenvalue weighted by molar-refractivity contribution is 6.01. The number of amides is 1. The zero-order chi connectivity index (χ0) is 16.3. The number of hydrazone groups is 1. The van der Waals surface area contributed by atoms with Crippen LogP contribution < -0.4 is 5.43 Å². The number of hydrogen-bond donors (Lipinski definition) is 1. The molecular formula is C19H22N2O. The fourth-order valence-electron chi connectivity index (χ4n) is 2.11. The Hall–Kier alpha value is -2.42. The minimum absolute atomic E-state index is 0.189. The quantitative estimate of drug-likeness (QED) is 0.672. The third-order valence-electron chi connectivity index (χ3n) is 4.02. The van der Waals surface area contributed by atoms with Crippen LogP contribution in [0.1, 0.15) is 45.1 Å². The van der Waals surface area contributed by atoms with E-state index in [1.54, 1.807) is 0 Å². The second-order valence-electron chi connectivity index (χ2n) is 5.74. The summed E-state index contributed by atoms with van der Waals surface area (Å²) in [6.45, 7) is 10.1. The second kappa shape index (κ2) is 6.56. The van der Waals surface area contributed by atoms with Gasteiger partial charge in [0.2, 0.25) is 0 Å². The van der Waals surface area contributed by atoms with Crippen molar-refractivity contribution in [2.75, 3.05) is 0 Å². The molecule has 0 radical (unpaired) electrons. The Labute approximate surface area is 132 Å². The molecule has 0 aliphatic heterocycles. The van der Waals surface area contributed by atoms with Gasteiger partial charge in [-0.25, -0.2) is 5.43 Å². The van der Waals surface area contributed by atoms with E-state index in [0.717, 1.165) is 16.8 Å².